The number of hydrogen-bond donors (Lipinski definition) is 0. The number of nitrogens with zero attached hydrogens (tertiary/aromatic N) is 1. The molecule has 2 aromatic heterocycles. The first-order chi connectivity index (χ1) is 18.5. The number of para-hydroxylation sites is 2. The number of hydrogen-bond acceptors (Lipinski definition) is 2. The van der Waals surface area contributed by atoms with E-state index < -0.39 is 40.9 Å². The Kier molecular flexibility index (Phi) is 5.05. The van der Waals surface area contributed by atoms with Gasteiger partial charge in [0.05, 0.1) is 0 Å². The van der Waals surface area contributed by atoms with E-state index in [0.29, 0.717) is 0 Å². The van der Waals surface area contributed by atoms with Crippen LogP contribution >= 0.6 is 0 Å². The standard InChI is InChI=1S/C34H23NOTe2/c1-34(2)24-12-4-6-14-26(24)35(27-15-7-5-13-25(27)34)28-16-9-11-20-22-18-31-23(19-30(22)38-33(20)28)32(36)21-10-3-8-17-29(21)37-31/h3-19H,1-2H3. The molecule has 182 valence electrons. The van der Waals surface area contributed by atoms with Crippen molar-refractivity contribution < 1.29 is 0 Å². The maximum absolute atomic E-state index is 13.5. The van der Waals surface area contributed by atoms with E-state index in [0.717, 1.165) is 10.8 Å². The van der Waals surface area contributed by atoms with E-state index in [1.165, 1.54) is 52.6 Å². The zero-order valence-corrected chi connectivity index (χ0v) is 25.6. The van der Waals surface area contributed by atoms with Gasteiger partial charge in [-0.05, 0) is 0 Å². The molecule has 8 rings (SSSR count). The van der Waals surface area contributed by atoms with Crippen molar-refractivity contribution in [1.82, 2.24) is 0 Å². The van der Waals surface area contributed by atoms with E-state index in [1.54, 1.807) is 0 Å². The Bertz CT molecular complexity index is 2100. The van der Waals surface area contributed by atoms with Crippen molar-refractivity contribution in [3.63, 3.8) is 0 Å². The molecule has 0 radical (unpaired) electrons. The first-order valence-corrected chi connectivity index (χ1v) is 17.5. The van der Waals surface area contributed by atoms with Crippen LogP contribution < -0.4 is 10.3 Å². The van der Waals surface area contributed by atoms with Crippen molar-refractivity contribution in [3.05, 3.63) is 124 Å². The van der Waals surface area contributed by atoms with Gasteiger partial charge in [0.15, 0.2) is 0 Å². The Morgan fingerprint density at radius 1 is 0.553 bits per heavy atom. The van der Waals surface area contributed by atoms with Gasteiger partial charge in [0.2, 0.25) is 0 Å². The van der Waals surface area contributed by atoms with Crippen LogP contribution in [-0.4, -0.2) is 40.9 Å². The molecule has 1 aliphatic heterocycles. The Morgan fingerprint density at radius 2 is 1.13 bits per heavy atom. The molecule has 0 saturated heterocycles. The molecule has 3 heterocycles. The first kappa shape index (κ1) is 23.1. The molecule has 0 fully saturated rings. The average molecular weight is 717 g/mol. The third-order valence-corrected chi connectivity index (χ3v) is 14.7. The summed E-state index contributed by atoms with van der Waals surface area (Å²) < 4.78 is 5.43. The summed E-state index contributed by atoms with van der Waals surface area (Å²) in [7, 11) is 0. The van der Waals surface area contributed by atoms with Crippen LogP contribution in [0.4, 0.5) is 17.1 Å². The van der Waals surface area contributed by atoms with Gasteiger partial charge in [-0.25, -0.2) is 0 Å². The van der Waals surface area contributed by atoms with Gasteiger partial charge >= 0.3 is 242 Å². The summed E-state index contributed by atoms with van der Waals surface area (Å²) in [4.78, 5) is 16.0. The average Bonchev–Trinajstić information content (AvgIpc) is 3.31. The van der Waals surface area contributed by atoms with Crippen LogP contribution in [0.25, 0.3) is 35.2 Å². The van der Waals surface area contributed by atoms with Crippen LogP contribution in [0.1, 0.15) is 25.0 Å². The molecule has 1 aliphatic rings. The summed E-state index contributed by atoms with van der Waals surface area (Å²) >= 11 is -1.25. The molecule has 2 nitrogen and oxygen atoms in total. The minimum atomic E-state index is -0.667. The third kappa shape index (κ3) is 3.16. The molecule has 0 amide bonds. The molecule has 38 heavy (non-hydrogen) atoms. The molecule has 0 saturated carbocycles. The van der Waals surface area contributed by atoms with Crippen LogP contribution in [0, 0.1) is 0 Å². The SMILES string of the molecule is CC1(C)c2ccccc2N(c2cccc3c2[te]c2cc4c(=O)c5ccccc5[te]c4cc23)c2ccccc21. The number of fused-ring (bicyclic) bond motifs is 7. The van der Waals surface area contributed by atoms with E-state index in [-0.39, 0.29) is 10.8 Å². The van der Waals surface area contributed by atoms with E-state index in [1.807, 2.05) is 12.1 Å². The Labute approximate surface area is 240 Å². The zero-order valence-electron chi connectivity index (χ0n) is 21.0. The zero-order chi connectivity index (χ0) is 25.6. The molecule has 0 N–H and O–H groups in total. The quantitative estimate of drug-likeness (QED) is 0.127. The Balaban J connectivity index is 1.45. The number of anilines is 3. The van der Waals surface area contributed by atoms with Gasteiger partial charge in [0.1, 0.15) is 0 Å². The molecule has 4 heteroatoms. The van der Waals surface area contributed by atoms with Crippen LogP contribution in [0.2, 0.25) is 0 Å². The fourth-order valence-electron chi connectivity index (χ4n) is 6.18. The van der Waals surface area contributed by atoms with Crippen molar-refractivity contribution in [2.45, 2.75) is 19.3 Å². The van der Waals surface area contributed by atoms with Crippen LogP contribution in [0.3, 0.4) is 0 Å². The van der Waals surface area contributed by atoms with E-state index >= 15 is 0 Å². The summed E-state index contributed by atoms with van der Waals surface area (Å²) in [6.45, 7) is 4.68. The van der Waals surface area contributed by atoms with Gasteiger partial charge in [0.25, 0.3) is 0 Å². The first-order valence-electron chi connectivity index (χ1n) is 12.8. The van der Waals surface area contributed by atoms with E-state index in [2.05, 4.69) is 110 Å². The molecule has 7 aromatic rings. The van der Waals surface area contributed by atoms with Crippen molar-refractivity contribution in [3.8, 4) is 0 Å². The predicted molar refractivity (Wildman–Crippen MR) is 163 cm³/mol. The Morgan fingerprint density at radius 3 is 1.89 bits per heavy atom. The summed E-state index contributed by atoms with van der Waals surface area (Å²) in [6, 6.07) is 37.4. The van der Waals surface area contributed by atoms with Crippen molar-refractivity contribution in [1.29, 1.82) is 0 Å². The van der Waals surface area contributed by atoms with E-state index in [4.69, 9.17) is 0 Å². The maximum atomic E-state index is 13.5. The third-order valence-electron chi connectivity index (χ3n) is 8.05. The second kappa shape index (κ2) is 8.32. The van der Waals surface area contributed by atoms with Gasteiger partial charge < -0.3 is 0 Å². The van der Waals surface area contributed by atoms with Gasteiger partial charge in [-0.2, -0.15) is 0 Å². The molecule has 0 unspecified atom stereocenters. The normalized spacial score (nSPS) is 14.3. The predicted octanol–water partition coefficient (Wildman–Crippen LogP) is 7.88. The summed E-state index contributed by atoms with van der Waals surface area (Å²) in [5.41, 5.74) is 6.68. The fraction of sp³-hybridized carbons (Fsp3) is 0.0882. The van der Waals surface area contributed by atoms with Gasteiger partial charge in [-0.15, -0.1) is 0 Å². The van der Waals surface area contributed by atoms with Crippen molar-refractivity contribution >= 4 is 93.1 Å². The van der Waals surface area contributed by atoms with E-state index in [9.17, 15) is 4.79 Å². The molecule has 0 bridgehead atoms. The second-order valence-corrected chi connectivity index (χ2v) is 16.6. The van der Waals surface area contributed by atoms with Crippen molar-refractivity contribution in [2.75, 3.05) is 4.90 Å². The molecular formula is C34H23NOTe2. The van der Waals surface area contributed by atoms with Crippen LogP contribution in [-0.2, 0) is 5.41 Å². The summed E-state index contributed by atoms with van der Waals surface area (Å²) in [5, 5.41) is 4.60. The summed E-state index contributed by atoms with van der Waals surface area (Å²) in [6.07, 6.45) is 0. The van der Waals surface area contributed by atoms with Crippen molar-refractivity contribution in [2.24, 2.45) is 0 Å². The van der Waals surface area contributed by atoms with Crippen LogP contribution in [0.15, 0.2) is 108 Å². The molecule has 0 spiro atoms. The molecule has 5 aromatic carbocycles. The van der Waals surface area contributed by atoms with Gasteiger partial charge in [0, 0.05) is 0 Å². The fourth-order valence-corrected chi connectivity index (χ4v) is 12.8. The van der Waals surface area contributed by atoms with Gasteiger partial charge in [-0.1, -0.05) is 0 Å². The number of rotatable bonds is 1. The molecular weight excluding hydrogens is 694 g/mol. The summed E-state index contributed by atoms with van der Waals surface area (Å²) in [5.74, 6) is 0. The Hall–Kier alpha value is -2.85. The monoisotopic (exact) mass is 721 g/mol. The number of benzene rings is 5. The molecule has 0 atom stereocenters. The molecule has 0 aliphatic carbocycles. The van der Waals surface area contributed by atoms with Crippen LogP contribution in [0.5, 0.6) is 0 Å². The topological polar surface area (TPSA) is 20.3 Å². The van der Waals surface area contributed by atoms with Gasteiger partial charge in [-0.3, -0.25) is 0 Å². The minimum absolute atomic E-state index is 0.0694. The second-order valence-electron chi connectivity index (χ2n) is 10.5.